The van der Waals surface area contributed by atoms with Crippen LogP contribution in [-0.4, -0.2) is 129 Å². The number of phenolic OH excluding ortho intramolecular Hbond substituents is 1. The van der Waals surface area contributed by atoms with Crippen molar-refractivity contribution >= 4 is 56.5 Å². The summed E-state index contributed by atoms with van der Waals surface area (Å²) in [6.45, 7) is 21.6. The molecule has 0 radical (unpaired) electrons. The highest BCUT2D eigenvalue weighted by molar-refractivity contribution is 7.13. The average Bonchev–Trinajstić information content (AvgIpc) is 4.44. The Labute approximate surface area is 468 Å². The van der Waals surface area contributed by atoms with Crippen LogP contribution in [0, 0.1) is 12.7 Å². The van der Waals surface area contributed by atoms with E-state index in [1.807, 2.05) is 69.6 Å². The first-order valence-corrected chi connectivity index (χ1v) is 29.6. The van der Waals surface area contributed by atoms with Gasteiger partial charge in [-0.1, -0.05) is 81.2 Å². The number of likely N-dealkylation sites (tertiary alicyclic amines) is 2. The third-order valence-electron chi connectivity index (χ3n) is 15.5. The summed E-state index contributed by atoms with van der Waals surface area (Å²) < 4.78 is 28.1. The van der Waals surface area contributed by atoms with Gasteiger partial charge in [0.1, 0.15) is 41.2 Å². The molecule has 7 aromatic rings. The van der Waals surface area contributed by atoms with Gasteiger partial charge < -0.3 is 39.7 Å². The number of halogens is 1. The van der Waals surface area contributed by atoms with Crippen LogP contribution in [0.4, 0.5) is 16.0 Å². The number of carbonyl (C=O) groups is 2. The molecule has 11 rings (SSSR count). The minimum Gasteiger partial charge on any atom is -0.508 e. The van der Waals surface area contributed by atoms with Crippen molar-refractivity contribution in [1.82, 2.24) is 45.5 Å². The Balaban J connectivity index is 0.000000185. The van der Waals surface area contributed by atoms with Crippen molar-refractivity contribution in [2.45, 2.75) is 137 Å². The van der Waals surface area contributed by atoms with E-state index in [1.54, 1.807) is 34.6 Å². The molecule has 4 unspecified atom stereocenters. The Morgan fingerprint density at radius 1 is 0.937 bits per heavy atom. The number of rotatable bonds is 16. The number of ether oxygens (including phenoxy) is 1. The highest BCUT2D eigenvalue weighted by atomic mass is 32.1. The van der Waals surface area contributed by atoms with Crippen LogP contribution in [-0.2, 0) is 22.4 Å². The van der Waals surface area contributed by atoms with Gasteiger partial charge in [-0.15, -0.1) is 11.3 Å². The minimum absolute atomic E-state index is 0.0726. The van der Waals surface area contributed by atoms with Gasteiger partial charge in [0.05, 0.1) is 33.9 Å². The summed E-state index contributed by atoms with van der Waals surface area (Å²) in [5.74, 6) is 1.25. The van der Waals surface area contributed by atoms with E-state index in [0.29, 0.717) is 54.2 Å². The number of aromatic nitrogens is 5. The van der Waals surface area contributed by atoms with Crippen molar-refractivity contribution in [3.05, 3.63) is 101 Å². The van der Waals surface area contributed by atoms with Gasteiger partial charge in [-0.2, -0.15) is 9.97 Å². The minimum atomic E-state index is -0.525. The zero-order chi connectivity index (χ0) is 55.6. The predicted octanol–water partition coefficient (Wildman–Crippen LogP) is 10.8. The molecule has 4 aromatic heterocycles. The maximum atomic E-state index is 16.6. The topological polar surface area (TPSA) is 178 Å². The number of carbonyl (C=O) groups excluding carboxylic acids is 2. The number of nitrogens with one attached hydrogen (secondary N) is 2. The van der Waals surface area contributed by atoms with Crippen LogP contribution < -0.4 is 25.2 Å². The molecule has 0 spiro atoms. The third kappa shape index (κ3) is 13.3. The third-order valence-corrected chi connectivity index (χ3v) is 16.5. The second kappa shape index (κ2) is 26.5. The summed E-state index contributed by atoms with van der Waals surface area (Å²) in [5, 5.41) is 23.7. The zero-order valence-corrected chi connectivity index (χ0v) is 47.9. The number of fused-ring (bicyclic) bond motifs is 4. The summed E-state index contributed by atoms with van der Waals surface area (Å²) in [4.78, 5) is 54.1. The van der Waals surface area contributed by atoms with E-state index >= 15 is 4.39 Å². The fraction of sp³-hybridized carbons (Fsp3) is 0.492. The number of benzene rings is 3. The van der Waals surface area contributed by atoms with Crippen LogP contribution in [0.5, 0.6) is 11.8 Å². The van der Waals surface area contributed by atoms with Crippen molar-refractivity contribution in [2.24, 2.45) is 0 Å². The number of thiazole rings is 1. The molecule has 8 heterocycles. The molecule has 4 aliphatic heterocycles. The molecule has 4 saturated heterocycles. The lowest BCUT2D eigenvalue weighted by Gasteiger charge is -2.34. The Kier molecular flexibility index (Phi) is 19.1. The summed E-state index contributed by atoms with van der Waals surface area (Å²) in [7, 11) is 0. The summed E-state index contributed by atoms with van der Waals surface area (Å²) in [5.41, 5.74) is 7.01. The van der Waals surface area contributed by atoms with E-state index in [4.69, 9.17) is 14.2 Å². The monoisotopic (exact) mass is 1100 g/mol. The van der Waals surface area contributed by atoms with Crippen LogP contribution in [0.25, 0.3) is 43.4 Å². The molecule has 16 nitrogen and oxygen atoms in total. The number of piperazine rings is 1. The fourth-order valence-corrected chi connectivity index (χ4v) is 12.3. The van der Waals surface area contributed by atoms with E-state index in [2.05, 4.69) is 78.3 Å². The maximum absolute atomic E-state index is 16.6. The molecule has 420 valence electrons. The van der Waals surface area contributed by atoms with Gasteiger partial charge >= 0.3 is 6.01 Å². The Morgan fingerprint density at radius 3 is 2.38 bits per heavy atom. The number of pyridine rings is 1. The first kappa shape index (κ1) is 56.9. The van der Waals surface area contributed by atoms with Gasteiger partial charge in [-0.3, -0.25) is 19.5 Å². The number of aryl methyl sites for hydroxylation is 2. The number of amides is 2. The van der Waals surface area contributed by atoms with Gasteiger partial charge in [-0.25, -0.2) is 9.37 Å². The van der Waals surface area contributed by atoms with Crippen LogP contribution in [0.3, 0.4) is 0 Å². The summed E-state index contributed by atoms with van der Waals surface area (Å²) in [6, 6.07) is 19.6. The number of anilines is 2. The van der Waals surface area contributed by atoms with E-state index in [0.717, 1.165) is 115 Å². The molecule has 0 saturated carbocycles. The largest absolute Gasteiger partial charge is 0.508 e. The molecular weight excluding hydrogens is 1020 g/mol. The molecule has 4 aliphatic rings. The van der Waals surface area contributed by atoms with Crippen molar-refractivity contribution in [1.29, 1.82) is 0 Å². The van der Waals surface area contributed by atoms with Crippen LogP contribution in [0.1, 0.15) is 122 Å². The van der Waals surface area contributed by atoms with Crippen molar-refractivity contribution in [3.63, 3.8) is 0 Å². The smallest absolute Gasteiger partial charge is 0.319 e. The van der Waals surface area contributed by atoms with Gasteiger partial charge in [0, 0.05) is 69.2 Å². The molecule has 79 heavy (non-hydrogen) atoms. The average molecular weight is 1100 g/mol. The Hall–Kier alpha value is -6.76. The Morgan fingerprint density at radius 2 is 1.68 bits per heavy atom. The highest BCUT2D eigenvalue weighted by Gasteiger charge is 2.36. The number of hydrogen-bond acceptors (Lipinski definition) is 15. The first-order valence-electron chi connectivity index (χ1n) is 28.7. The Bertz CT molecular complexity index is 3170. The highest BCUT2D eigenvalue weighted by Crippen LogP contribution is 2.39. The lowest BCUT2D eigenvalue weighted by Crippen LogP contribution is -2.51. The van der Waals surface area contributed by atoms with E-state index in [1.165, 1.54) is 25.7 Å². The zero-order valence-electron chi connectivity index (χ0n) is 47.1. The molecule has 3 N–H and O–H groups in total. The maximum Gasteiger partial charge on any atom is 0.319 e. The number of piperidine rings is 1. The number of hydrogen-bond donors (Lipinski definition) is 3. The van der Waals surface area contributed by atoms with Crippen molar-refractivity contribution < 1.29 is 28.3 Å². The lowest BCUT2D eigenvalue weighted by molar-refractivity contribution is -0.138. The molecule has 3 aromatic carbocycles. The van der Waals surface area contributed by atoms with Crippen LogP contribution in [0.15, 0.2) is 76.9 Å². The van der Waals surface area contributed by atoms with Gasteiger partial charge in [0.2, 0.25) is 11.8 Å². The number of aromatic hydroxyl groups is 1. The molecule has 18 heteroatoms. The molecule has 2 amide bonds. The van der Waals surface area contributed by atoms with Gasteiger partial charge in [0.25, 0.3) is 0 Å². The lowest BCUT2D eigenvalue weighted by atomic mass is 9.95. The van der Waals surface area contributed by atoms with Crippen LogP contribution in [0.2, 0.25) is 0 Å². The van der Waals surface area contributed by atoms with E-state index in [-0.39, 0.29) is 47.2 Å². The van der Waals surface area contributed by atoms with Gasteiger partial charge in [-0.05, 0) is 125 Å². The standard InChI is InChI=1S/C32H37FN6O2.C26H33N5O3S.C3H8/c1-2-20-7-6-8-21-15-24(40)16-25(27(20)21)29-28(33)30-26(17-34-29)31(39-18-22-9-10-23(19-39)35-22)37-32(36-30)41-14-13-38-11-4-3-5-12-38;1-5-30(6-2)23-14-21(34-29-23)15-24(32)31-13-7-8-22(31)26(33)28-17(3)19-9-11-20(12-10-19)25-18(4)27-16-35-25;1-3-2/h6-8,15-17,22-23,35,40H,2-5,9-14,18-19H2,1H3;9-12,14,16-17,22H,5-8,13,15H2,1-4H3,(H,28,33);3H2,1-2H3. The van der Waals surface area contributed by atoms with Gasteiger partial charge in [0.15, 0.2) is 11.6 Å². The first-order chi connectivity index (χ1) is 38.4. The van der Waals surface area contributed by atoms with Crippen molar-refractivity contribution in [2.75, 3.05) is 68.8 Å². The second-order valence-electron chi connectivity index (χ2n) is 21.2. The second-order valence-corrected chi connectivity index (χ2v) is 22.1. The normalized spacial score (nSPS) is 18.5. The number of nitrogens with zero attached hydrogens (tertiary/aromatic N) is 9. The van der Waals surface area contributed by atoms with E-state index in [9.17, 15) is 14.7 Å². The number of phenols is 1. The summed E-state index contributed by atoms with van der Waals surface area (Å²) >= 11 is 1.62. The van der Waals surface area contributed by atoms with Crippen molar-refractivity contribution in [3.8, 4) is 33.5 Å². The molecule has 0 aliphatic carbocycles. The molecule has 4 fully saturated rings. The quantitative estimate of drug-likeness (QED) is 0.0832. The van der Waals surface area contributed by atoms with Crippen LogP contribution >= 0.6 is 11.3 Å². The predicted molar refractivity (Wildman–Crippen MR) is 313 cm³/mol. The fourth-order valence-electron chi connectivity index (χ4n) is 11.5. The van der Waals surface area contributed by atoms with E-state index < -0.39 is 11.9 Å². The summed E-state index contributed by atoms with van der Waals surface area (Å²) in [6.07, 6.45) is 11.3. The molecule has 4 atom stereocenters. The SMILES string of the molecule is CCC.CCN(CC)c1cc(CC(=O)N2CCCC2C(=O)NC(C)c2ccc(-c3scnc3C)cc2)on1.CCc1cccc2cc(O)cc(-c3ncc4c(N5CC6CCC(C5)N6)nc(OCCN5CCCCC5)nc4c3F)c12. The molecular formula is C61H78FN11O5S. The molecule has 2 bridgehead atoms.